The predicted octanol–water partition coefficient (Wildman–Crippen LogP) is 2.97. The van der Waals surface area contributed by atoms with Crippen molar-refractivity contribution in [2.24, 2.45) is 4.99 Å². The second-order valence-corrected chi connectivity index (χ2v) is 8.42. The van der Waals surface area contributed by atoms with Crippen LogP contribution >= 0.6 is 11.3 Å². The van der Waals surface area contributed by atoms with Gasteiger partial charge in [0, 0.05) is 53.6 Å². The van der Waals surface area contributed by atoms with Crippen molar-refractivity contribution in [1.82, 2.24) is 15.6 Å². The van der Waals surface area contributed by atoms with Gasteiger partial charge in [-0.25, -0.2) is 9.98 Å². The number of guanidine groups is 1. The van der Waals surface area contributed by atoms with Gasteiger partial charge in [0.15, 0.2) is 5.96 Å². The van der Waals surface area contributed by atoms with Crippen LogP contribution in [0.1, 0.15) is 29.2 Å². The summed E-state index contributed by atoms with van der Waals surface area (Å²) in [5, 5.41) is 6.90. The number of ether oxygens (including phenoxy) is 1. The summed E-state index contributed by atoms with van der Waals surface area (Å²) in [4.78, 5) is 14.5. The number of thiophene rings is 1. The topological polar surface area (TPSA) is 61.8 Å². The van der Waals surface area contributed by atoms with Crippen molar-refractivity contribution in [2.75, 3.05) is 37.7 Å². The van der Waals surface area contributed by atoms with Crippen LogP contribution in [0.5, 0.6) is 0 Å². The molecule has 1 aliphatic heterocycles. The highest BCUT2D eigenvalue weighted by atomic mass is 32.1. The molecular weight excluding hydrogens is 370 g/mol. The highest BCUT2D eigenvalue weighted by molar-refractivity contribution is 7.11. The van der Waals surface area contributed by atoms with Crippen LogP contribution in [-0.4, -0.2) is 49.8 Å². The number of aromatic nitrogens is 1. The molecule has 7 heteroatoms. The van der Waals surface area contributed by atoms with Crippen molar-refractivity contribution in [2.45, 2.75) is 39.8 Å². The quantitative estimate of drug-likeness (QED) is 0.552. The highest BCUT2D eigenvalue weighted by Crippen LogP contribution is 2.19. The van der Waals surface area contributed by atoms with E-state index in [1.54, 1.807) is 0 Å². The number of hydrogen-bond acceptors (Lipinski definition) is 5. The molecule has 2 aromatic heterocycles. The highest BCUT2D eigenvalue weighted by Gasteiger charge is 2.16. The second kappa shape index (κ2) is 10.4. The Kier molecular flexibility index (Phi) is 7.68. The summed E-state index contributed by atoms with van der Waals surface area (Å²) in [6.45, 7) is 11.1. The van der Waals surface area contributed by atoms with Crippen LogP contribution in [0.3, 0.4) is 0 Å². The van der Waals surface area contributed by atoms with Crippen LogP contribution in [0.2, 0.25) is 0 Å². The lowest BCUT2D eigenvalue weighted by Gasteiger charge is -2.29. The molecule has 0 spiro atoms. The third-order valence-electron chi connectivity index (χ3n) is 4.62. The zero-order valence-electron chi connectivity index (χ0n) is 17.1. The van der Waals surface area contributed by atoms with Crippen LogP contribution < -0.4 is 15.5 Å². The van der Waals surface area contributed by atoms with E-state index in [1.165, 1.54) is 9.75 Å². The Bertz CT molecular complexity index is 770. The summed E-state index contributed by atoms with van der Waals surface area (Å²) in [7, 11) is 0. The second-order valence-electron chi connectivity index (χ2n) is 7.04. The van der Waals surface area contributed by atoms with Gasteiger partial charge < -0.3 is 20.3 Å². The largest absolute Gasteiger partial charge is 0.378 e. The van der Waals surface area contributed by atoms with Gasteiger partial charge in [0.2, 0.25) is 0 Å². The molecule has 0 amide bonds. The predicted molar refractivity (Wildman–Crippen MR) is 117 cm³/mol. The van der Waals surface area contributed by atoms with Crippen molar-refractivity contribution in [3.63, 3.8) is 0 Å². The van der Waals surface area contributed by atoms with Crippen LogP contribution in [0.15, 0.2) is 35.5 Å². The summed E-state index contributed by atoms with van der Waals surface area (Å²) in [6.07, 6.45) is 2.85. The smallest absolute Gasteiger partial charge is 0.191 e. The first-order valence-corrected chi connectivity index (χ1v) is 10.8. The van der Waals surface area contributed by atoms with E-state index in [1.807, 2.05) is 23.6 Å². The molecule has 28 heavy (non-hydrogen) atoms. The Balaban J connectivity index is 1.65. The molecule has 3 rings (SSSR count). The molecule has 0 bridgehead atoms. The normalized spacial score (nSPS) is 16.1. The maximum absolute atomic E-state index is 5.47. The maximum atomic E-state index is 5.47. The summed E-state index contributed by atoms with van der Waals surface area (Å²) < 4.78 is 5.47. The fourth-order valence-corrected chi connectivity index (χ4v) is 4.30. The number of pyridine rings is 1. The fourth-order valence-electron chi connectivity index (χ4n) is 3.28. The van der Waals surface area contributed by atoms with Gasteiger partial charge in [-0.3, -0.25) is 0 Å². The number of hydrogen-bond donors (Lipinski definition) is 2. The van der Waals surface area contributed by atoms with Gasteiger partial charge in [-0.05, 0) is 39.0 Å². The third-order valence-corrected chi connectivity index (χ3v) is 5.64. The number of aryl methyl sites for hydroxylation is 1. The van der Waals surface area contributed by atoms with E-state index in [-0.39, 0.29) is 0 Å². The molecular formula is C21H31N5OS. The number of nitrogens with zero attached hydrogens (tertiary/aromatic N) is 3. The summed E-state index contributed by atoms with van der Waals surface area (Å²) in [5.74, 6) is 1.87. The first-order valence-electron chi connectivity index (χ1n) is 10.0. The first-order chi connectivity index (χ1) is 13.7. The molecule has 1 unspecified atom stereocenters. The minimum atomic E-state index is 0.309. The van der Waals surface area contributed by atoms with Gasteiger partial charge in [0.1, 0.15) is 5.82 Å². The SMILES string of the molecule is CCNC(=NCc1cccnc1N1CCOCC1)NC(C)Cc1ccc(C)s1. The van der Waals surface area contributed by atoms with E-state index in [0.29, 0.717) is 12.6 Å². The minimum Gasteiger partial charge on any atom is -0.378 e. The molecule has 0 radical (unpaired) electrons. The number of anilines is 1. The van der Waals surface area contributed by atoms with Crippen molar-refractivity contribution in [1.29, 1.82) is 0 Å². The average molecular weight is 402 g/mol. The van der Waals surface area contributed by atoms with E-state index in [9.17, 15) is 0 Å². The molecule has 1 saturated heterocycles. The third kappa shape index (κ3) is 5.94. The summed E-state index contributed by atoms with van der Waals surface area (Å²) >= 11 is 1.86. The van der Waals surface area contributed by atoms with Crippen LogP contribution in [0.4, 0.5) is 5.82 Å². The zero-order valence-corrected chi connectivity index (χ0v) is 17.9. The number of morpholine rings is 1. The Morgan fingerprint density at radius 3 is 2.86 bits per heavy atom. The number of nitrogens with one attached hydrogen (secondary N) is 2. The first kappa shape index (κ1) is 20.6. The van der Waals surface area contributed by atoms with Gasteiger partial charge in [-0.1, -0.05) is 6.07 Å². The van der Waals surface area contributed by atoms with Gasteiger partial charge in [-0.2, -0.15) is 0 Å². The lowest BCUT2D eigenvalue weighted by Crippen LogP contribution is -2.43. The number of rotatable bonds is 7. The van der Waals surface area contributed by atoms with Crippen molar-refractivity contribution < 1.29 is 4.74 Å². The van der Waals surface area contributed by atoms with E-state index in [2.05, 4.69) is 59.5 Å². The summed E-state index contributed by atoms with van der Waals surface area (Å²) in [5.41, 5.74) is 1.14. The Morgan fingerprint density at radius 2 is 2.14 bits per heavy atom. The molecule has 3 heterocycles. The van der Waals surface area contributed by atoms with Crippen LogP contribution in [0, 0.1) is 6.92 Å². The molecule has 0 aromatic carbocycles. The van der Waals surface area contributed by atoms with E-state index >= 15 is 0 Å². The molecule has 1 aliphatic rings. The Morgan fingerprint density at radius 1 is 1.32 bits per heavy atom. The number of aliphatic imine (C=N–C) groups is 1. The zero-order chi connectivity index (χ0) is 19.8. The van der Waals surface area contributed by atoms with Crippen molar-refractivity contribution in [3.8, 4) is 0 Å². The Labute approximate surface area is 172 Å². The lowest BCUT2D eigenvalue weighted by atomic mass is 10.2. The van der Waals surface area contributed by atoms with Crippen LogP contribution in [0.25, 0.3) is 0 Å². The van der Waals surface area contributed by atoms with E-state index < -0.39 is 0 Å². The van der Waals surface area contributed by atoms with Gasteiger partial charge in [0.05, 0.1) is 19.8 Å². The summed E-state index contributed by atoms with van der Waals surface area (Å²) in [6, 6.07) is 8.80. The van der Waals surface area contributed by atoms with Gasteiger partial charge in [-0.15, -0.1) is 11.3 Å². The fraction of sp³-hybridized carbons (Fsp3) is 0.524. The van der Waals surface area contributed by atoms with E-state index in [0.717, 1.165) is 56.6 Å². The lowest BCUT2D eigenvalue weighted by molar-refractivity contribution is 0.122. The Hall–Kier alpha value is -2.12. The molecule has 6 nitrogen and oxygen atoms in total. The molecule has 152 valence electrons. The van der Waals surface area contributed by atoms with Crippen molar-refractivity contribution >= 4 is 23.1 Å². The molecule has 0 saturated carbocycles. The molecule has 2 aromatic rings. The van der Waals surface area contributed by atoms with Gasteiger partial charge in [0.25, 0.3) is 0 Å². The standard InChI is InChI=1S/C21H31N5OS/c1-4-22-21(25-16(2)14-19-8-7-17(3)28-19)24-15-18-6-5-9-23-20(18)26-10-12-27-13-11-26/h5-9,16H,4,10-15H2,1-3H3,(H2,22,24,25). The van der Waals surface area contributed by atoms with Gasteiger partial charge >= 0.3 is 0 Å². The molecule has 1 fully saturated rings. The monoisotopic (exact) mass is 401 g/mol. The molecule has 1 atom stereocenters. The molecule has 0 aliphatic carbocycles. The molecule has 2 N–H and O–H groups in total. The van der Waals surface area contributed by atoms with Crippen LogP contribution in [-0.2, 0) is 17.7 Å². The average Bonchev–Trinajstić information content (AvgIpc) is 3.11. The minimum absolute atomic E-state index is 0.309. The van der Waals surface area contributed by atoms with Crippen molar-refractivity contribution in [3.05, 3.63) is 45.8 Å². The maximum Gasteiger partial charge on any atom is 0.191 e. The van der Waals surface area contributed by atoms with E-state index in [4.69, 9.17) is 9.73 Å².